The first-order valence-corrected chi connectivity index (χ1v) is 8.74. The quantitative estimate of drug-likeness (QED) is 0.905. The molecule has 0 radical (unpaired) electrons. The lowest BCUT2D eigenvalue weighted by Crippen LogP contribution is -2.22. The highest BCUT2D eigenvalue weighted by Crippen LogP contribution is 2.28. The molecule has 0 fully saturated rings. The van der Waals surface area contributed by atoms with E-state index in [9.17, 15) is 12.8 Å². The molecule has 0 amide bonds. The van der Waals surface area contributed by atoms with Gasteiger partial charge in [-0.25, -0.2) is 17.8 Å². The van der Waals surface area contributed by atoms with Crippen LogP contribution in [-0.4, -0.2) is 19.9 Å². The molecule has 5 nitrogen and oxygen atoms in total. The zero-order valence-electron chi connectivity index (χ0n) is 11.3. The molecular formula is C13H14FN3O2S2. The van der Waals surface area contributed by atoms with Crippen LogP contribution >= 0.6 is 11.3 Å². The highest BCUT2D eigenvalue weighted by atomic mass is 32.2. The maximum Gasteiger partial charge on any atom is 0.263 e. The predicted octanol–water partition coefficient (Wildman–Crippen LogP) is 2.04. The second kappa shape index (κ2) is 5.36. The van der Waals surface area contributed by atoms with Gasteiger partial charge in [-0.1, -0.05) is 11.3 Å². The van der Waals surface area contributed by atoms with Crippen LogP contribution in [-0.2, 0) is 23.0 Å². The van der Waals surface area contributed by atoms with Gasteiger partial charge in [0.2, 0.25) is 0 Å². The van der Waals surface area contributed by atoms with Crippen LogP contribution in [0, 0.1) is 12.7 Å². The van der Waals surface area contributed by atoms with E-state index in [1.54, 1.807) is 6.92 Å². The average molecular weight is 327 g/mol. The summed E-state index contributed by atoms with van der Waals surface area (Å²) in [6.45, 7) is 3.12. The molecule has 21 heavy (non-hydrogen) atoms. The summed E-state index contributed by atoms with van der Waals surface area (Å²) >= 11 is 1.33. The second-order valence-corrected chi connectivity index (χ2v) is 7.57. The maximum absolute atomic E-state index is 13.1. The molecule has 0 spiro atoms. The fraction of sp³-hybridized carbons (Fsp3) is 0.308. The number of nitrogens with one attached hydrogen (secondary N) is 2. The van der Waals surface area contributed by atoms with Gasteiger partial charge < -0.3 is 5.32 Å². The monoisotopic (exact) mass is 327 g/mol. The van der Waals surface area contributed by atoms with E-state index < -0.39 is 15.8 Å². The lowest BCUT2D eigenvalue weighted by molar-refractivity contribution is 0.598. The molecule has 112 valence electrons. The van der Waals surface area contributed by atoms with Gasteiger partial charge in [0.15, 0.2) is 5.13 Å². The van der Waals surface area contributed by atoms with Crippen LogP contribution in [0.2, 0.25) is 0 Å². The minimum atomic E-state index is -3.75. The number of aryl methyl sites for hydroxylation is 1. The number of anilines is 1. The molecule has 0 saturated carbocycles. The van der Waals surface area contributed by atoms with Crippen LogP contribution in [0.1, 0.15) is 16.1 Å². The number of benzene rings is 1. The van der Waals surface area contributed by atoms with Crippen molar-refractivity contribution < 1.29 is 12.8 Å². The molecule has 0 atom stereocenters. The summed E-state index contributed by atoms with van der Waals surface area (Å²) in [5, 5.41) is 3.57. The van der Waals surface area contributed by atoms with E-state index in [0.717, 1.165) is 29.6 Å². The number of hydrogen-bond acceptors (Lipinski definition) is 5. The predicted molar refractivity (Wildman–Crippen MR) is 79.5 cm³/mol. The highest BCUT2D eigenvalue weighted by molar-refractivity contribution is 7.93. The summed E-state index contributed by atoms with van der Waals surface area (Å²) in [4.78, 5) is 5.44. The van der Waals surface area contributed by atoms with Crippen molar-refractivity contribution in [1.82, 2.24) is 10.3 Å². The molecule has 0 bridgehead atoms. The Morgan fingerprint density at radius 3 is 2.95 bits per heavy atom. The van der Waals surface area contributed by atoms with Crippen molar-refractivity contribution in [2.24, 2.45) is 0 Å². The smallest absolute Gasteiger partial charge is 0.263 e. The van der Waals surface area contributed by atoms with Crippen LogP contribution < -0.4 is 10.0 Å². The zero-order valence-corrected chi connectivity index (χ0v) is 12.9. The van der Waals surface area contributed by atoms with Gasteiger partial charge in [-0.15, -0.1) is 0 Å². The van der Waals surface area contributed by atoms with Crippen molar-refractivity contribution >= 4 is 26.5 Å². The van der Waals surface area contributed by atoms with E-state index in [0.29, 0.717) is 17.2 Å². The third kappa shape index (κ3) is 2.92. The van der Waals surface area contributed by atoms with Crippen LogP contribution in [0.4, 0.5) is 9.52 Å². The third-order valence-electron chi connectivity index (χ3n) is 3.25. The fourth-order valence-corrected chi connectivity index (χ4v) is 4.69. The lowest BCUT2D eigenvalue weighted by atomic mass is 10.2. The van der Waals surface area contributed by atoms with Crippen molar-refractivity contribution in [2.45, 2.75) is 24.8 Å². The first-order chi connectivity index (χ1) is 9.95. The standard InChI is InChI=1S/C13H14FN3O2S2/c1-8-6-9(14)2-3-12(8)21(18,19)17-13-16-10-4-5-15-7-11(10)20-13/h2-3,6,15H,4-5,7H2,1H3,(H,16,17). The van der Waals surface area contributed by atoms with Gasteiger partial charge in [-0.05, 0) is 30.7 Å². The number of hydrogen-bond donors (Lipinski definition) is 2. The Morgan fingerprint density at radius 1 is 1.43 bits per heavy atom. The molecule has 3 rings (SSSR count). The molecular weight excluding hydrogens is 313 g/mol. The normalized spacial score (nSPS) is 14.8. The second-order valence-electron chi connectivity index (χ2n) is 4.83. The molecule has 2 N–H and O–H groups in total. The van der Waals surface area contributed by atoms with E-state index in [1.807, 2.05) is 0 Å². The summed E-state index contributed by atoms with van der Waals surface area (Å²) in [6, 6.07) is 3.60. The van der Waals surface area contributed by atoms with E-state index in [4.69, 9.17) is 0 Å². The van der Waals surface area contributed by atoms with E-state index in [2.05, 4.69) is 15.0 Å². The average Bonchev–Trinajstić information content (AvgIpc) is 2.79. The minimum Gasteiger partial charge on any atom is -0.311 e. The number of rotatable bonds is 3. The van der Waals surface area contributed by atoms with Gasteiger partial charge in [0.1, 0.15) is 5.82 Å². The molecule has 0 aliphatic carbocycles. The first-order valence-electron chi connectivity index (χ1n) is 6.44. The molecule has 0 unspecified atom stereocenters. The van der Waals surface area contributed by atoms with Crippen molar-refractivity contribution in [2.75, 3.05) is 11.3 Å². The fourth-order valence-electron chi connectivity index (χ4n) is 2.25. The number of halogens is 1. The van der Waals surface area contributed by atoms with E-state index in [1.165, 1.54) is 23.5 Å². The van der Waals surface area contributed by atoms with Crippen LogP contribution in [0.25, 0.3) is 0 Å². The molecule has 0 saturated heterocycles. The summed E-state index contributed by atoms with van der Waals surface area (Å²) in [5.41, 5.74) is 1.30. The van der Waals surface area contributed by atoms with Crippen molar-refractivity contribution in [3.8, 4) is 0 Å². The van der Waals surface area contributed by atoms with E-state index >= 15 is 0 Å². The number of fused-ring (bicyclic) bond motifs is 1. The topological polar surface area (TPSA) is 71.1 Å². The highest BCUT2D eigenvalue weighted by Gasteiger charge is 2.21. The molecule has 8 heteroatoms. The Hall–Kier alpha value is -1.51. The van der Waals surface area contributed by atoms with Crippen molar-refractivity contribution in [1.29, 1.82) is 0 Å². The zero-order chi connectivity index (χ0) is 15.0. The Morgan fingerprint density at radius 2 is 2.24 bits per heavy atom. The van der Waals surface area contributed by atoms with Crippen LogP contribution in [0.3, 0.4) is 0 Å². The minimum absolute atomic E-state index is 0.0650. The van der Waals surface area contributed by atoms with Gasteiger partial charge in [-0.3, -0.25) is 4.72 Å². The Balaban J connectivity index is 1.90. The molecule has 2 aromatic rings. The third-order valence-corrected chi connectivity index (χ3v) is 5.89. The SMILES string of the molecule is Cc1cc(F)ccc1S(=O)(=O)Nc1nc2c(s1)CNCC2. The number of nitrogens with zero attached hydrogens (tertiary/aromatic N) is 1. The largest absolute Gasteiger partial charge is 0.311 e. The lowest BCUT2D eigenvalue weighted by Gasteiger charge is -2.09. The number of thiazole rings is 1. The van der Waals surface area contributed by atoms with Gasteiger partial charge in [-0.2, -0.15) is 0 Å². The van der Waals surface area contributed by atoms with Gasteiger partial charge in [0, 0.05) is 24.4 Å². The molecule has 1 aromatic heterocycles. The van der Waals surface area contributed by atoms with E-state index in [-0.39, 0.29) is 4.90 Å². The van der Waals surface area contributed by atoms with Crippen LogP contribution in [0.5, 0.6) is 0 Å². The molecule has 1 aliphatic rings. The summed E-state index contributed by atoms with van der Waals surface area (Å²) < 4.78 is 40.3. The van der Waals surface area contributed by atoms with Gasteiger partial charge in [0.05, 0.1) is 10.6 Å². The summed E-state index contributed by atoms with van der Waals surface area (Å²) in [7, 11) is -3.75. The molecule has 2 heterocycles. The van der Waals surface area contributed by atoms with Crippen molar-refractivity contribution in [3.05, 3.63) is 40.2 Å². The first kappa shape index (κ1) is 14.4. The van der Waals surface area contributed by atoms with Crippen molar-refractivity contribution in [3.63, 3.8) is 0 Å². The summed E-state index contributed by atoms with van der Waals surface area (Å²) in [5.74, 6) is -0.456. The Bertz CT molecular complexity index is 763. The van der Waals surface area contributed by atoms with Crippen LogP contribution in [0.15, 0.2) is 23.1 Å². The number of aromatic nitrogens is 1. The molecule has 1 aliphatic heterocycles. The van der Waals surface area contributed by atoms with Gasteiger partial charge in [0.25, 0.3) is 10.0 Å². The Kier molecular flexibility index (Phi) is 3.68. The number of sulfonamides is 1. The Labute approximate surface area is 126 Å². The molecule has 1 aromatic carbocycles. The summed E-state index contributed by atoms with van der Waals surface area (Å²) in [6.07, 6.45) is 0.795. The maximum atomic E-state index is 13.1. The van der Waals surface area contributed by atoms with Gasteiger partial charge >= 0.3 is 0 Å².